The first-order valence-corrected chi connectivity index (χ1v) is 6.89. The van der Waals surface area contributed by atoms with E-state index in [2.05, 4.69) is 13.8 Å². The SMILES string of the molecule is CCC(CC)CN1CC(SC(C)=O)CC1=O. The second-order valence-corrected chi connectivity index (χ2v) is 5.89. The fourth-order valence-electron chi connectivity index (χ4n) is 2.08. The third-order valence-electron chi connectivity index (χ3n) is 3.14. The maximum atomic E-state index is 11.7. The highest BCUT2D eigenvalue weighted by molar-refractivity contribution is 8.14. The van der Waals surface area contributed by atoms with Crippen LogP contribution < -0.4 is 0 Å². The maximum absolute atomic E-state index is 11.7. The van der Waals surface area contributed by atoms with E-state index >= 15 is 0 Å². The van der Waals surface area contributed by atoms with Gasteiger partial charge in [0.25, 0.3) is 0 Å². The van der Waals surface area contributed by atoms with Crippen molar-refractivity contribution >= 4 is 22.8 Å². The fourth-order valence-corrected chi connectivity index (χ4v) is 3.03. The quantitative estimate of drug-likeness (QED) is 0.743. The van der Waals surface area contributed by atoms with Gasteiger partial charge in [-0.15, -0.1) is 0 Å². The lowest BCUT2D eigenvalue weighted by atomic mass is 10.0. The Morgan fingerprint density at radius 2 is 2.12 bits per heavy atom. The van der Waals surface area contributed by atoms with Crippen LogP contribution in [0.25, 0.3) is 0 Å². The van der Waals surface area contributed by atoms with Crippen molar-refractivity contribution in [1.29, 1.82) is 0 Å². The zero-order chi connectivity index (χ0) is 12.1. The minimum Gasteiger partial charge on any atom is -0.341 e. The van der Waals surface area contributed by atoms with E-state index in [4.69, 9.17) is 0 Å². The molecule has 16 heavy (non-hydrogen) atoms. The van der Waals surface area contributed by atoms with Crippen LogP contribution in [0.15, 0.2) is 0 Å². The molecule has 92 valence electrons. The topological polar surface area (TPSA) is 37.4 Å². The van der Waals surface area contributed by atoms with Gasteiger partial charge in [-0.05, 0) is 5.92 Å². The van der Waals surface area contributed by atoms with Crippen LogP contribution in [-0.2, 0) is 9.59 Å². The molecular formula is C12H21NO2S. The molecule has 1 atom stereocenters. The van der Waals surface area contributed by atoms with E-state index < -0.39 is 0 Å². The Bertz CT molecular complexity index is 264. The molecule has 0 bridgehead atoms. The Hall–Kier alpha value is -0.510. The van der Waals surface area contributed by atoms with Gasteiger partial charge in [-0.25, -0.2) is 0 Å². The molecular weight excluding hydrogens is 222 g/mol. The summed E-state index contributed by atoms with van der Waals surface area (Å²) in [6, 6.07) is 0. The second kappa shape index (κ2) is 6.28. The molecule has 1 heterocycles. The Kier molecular flexibility index (Phi) is 5.32. The van der Waals surface area contributed by atoms with Crippen LogP contribution in [0.5, 0.6) is 0 Å². The standard InChI is InChI=1S/C12H21NO2S/c1-4-10(5-2)7-13-8-11(6-12(13)15)16-9(3)14/h10-11H,4-8H2,1-3H3. The van der Waals surface area contributed by atoms with Gasteiger partial charge in [0.1, 0.15) is 0 Å². The number of thioether (sulfide) groups is 1. The van der Waals surface area contributed by atoms with Gasteiger partial charge in [-0.3, -0.25) is 9.59 Å². The van der Waals surface area contributed by atoms with E-state index in [0.29, 0.717) is 12.3 Å². The Morgan fingerprint density at radius 3 is 2.62 bits per heavy atom. The summed E-state index contributed by atoms with van der Waals surface area (Å²) >= 11 is 1.31. The summed E-state index contributed by atoms with van der Waals surface area (Å²) in [7, 11) is 0. The maximum Gasteiger partial charge on any atom is 0.223 e. The molecule has 0 spiro atoms. The lowest BCUT2D eigenvalue weighted by Crippen LogP contribution is -2.31. The van der Waals surface area contributed by atoms with E-state index in [0.717, 1.165) is 25.9 Å². The predicted octanol–water partition coefficient (Wildman–Crippen LogP) is 2.30. The summed E-state index contributed by atoms with van der Waals surface area (Å²) in [5.74, 6) is 0.815. The van der Waals surface area contributed by atoms with Crippen LogP contribution in [0.1, 0.15) is 40.0 Å². The van der Waals surface area contributed by atoms with Crippen molar-refractivity contribution in [2.75, 3.05) is 13.1 Å². The predicted molar refractivity (Wildman–Crippen MR) is 67.3 cm³/mol. The molecule has 1 saturated heterocycles. The van der Waals surface area contributed by atoms with Crippen molar-refractivity contribution in [1.82, 2.24) is 4.90 Å². The lowest BCUT2D eigenvalue weighted by Gasteiger charge is -2.22. The monoisotopic (exact) mass is 243 g/mol. The Morgan fingerprint density at radius 1 is 1.50 bits per heavy atom. The Balaban J connectivity index is 2.44. The highest BCUT2D eigenvalue weighted by Crippen LogP contribution is 2.25. The first-order valence-electron chi connectivity index (χ1n) is 6.01. The van der Waals surface area contributed by atoms with Crippen LogP contribution in [-0.4, -0.2) is 34.3 Å². The van der Waals surface area contributed by atoms with Crippen LogP contribution in [0, 0.1) is 5.92 Å². The van der Waals surface area contributed by atoms with Crippen LogP contribution >= 0.6 is 11.8 Å². The third kappa shape index (κ3) is 3.81. The van der Waals surface area contributed by atoms with Gasteiger partial charge in [0.15, 0.2) is 5.12 Å². The number of likely N-dealkylation sites (tertiary alicyclic amines) is 1. The van der Waals surface area contributed by atoms with Crippen molar-refractivity contribution in [3.63, 3.8) is 0 Å². The molecule has 1 unspecified atom stereocenters. The van der Waals surface area contributed by atoms with E-state index in [1.165, 1.54) is 11.8 Å². The van der Waals surface area contributed by atoms with Gasteiger partial charge in [0.05, 0.1) is 0 Å². The Labute approximate surface area is 102 Å². The summed E-state index contributed by atoms with van der Waals surface area (Å²) in [4.78, 5) is 24.6. The molecule has 1 fully saturated rings. The zero-order valence-electron chi connectivity index (χ0n) is 10.4. The average Bonchev–Trinajstić information content (AvgIpc) is 2.54. The highest BCUT2D eigenvalue weighted by atomic mass is 32.2. The van der Waals surface area contributed by atoms with E-state index in [-0.39, 0.29) is 16.3 Å². The van der Waals surface area contributed by atoms with E-state index in [1.54, 1.807) is 6.92 Å². The van der Waals surface area contributed by atoms with E-state index in [9.17, 15) is 9.59 Å². The molecule has 0 radical (unpaired) electrons. The van der Waals surface area contributed by atoms with Crippen molar-refractivity contribution in [2.24, 2.45) is 5.92 Å². The minimum atomic E-state index is 0.113. The molecule has 1 aliphatic heterocycles. The number of amides is 1. The van der Waals surface area contributed by atoms with Gasteiger partial charge in [-0.1, -0.05) is 38.5 Å². The molecule has 0 aromatic heterocycles. The van der Waals surface area contributed by atoms with Crippen molar-refractivity contribution in [3.05, 3.63) is 0 Å². The van der Waals surface area contributed by atoms with Gasteiger partial charge in [-0.2, -0.15) is 0 Å². The van der Waals surface area contributed by atoms with Gasteiger partial charge in [0, 0.05) is 31.7 Å². The van der Waals surface area contributed by atoms with Crippen LogP contribution in [0.3, 0.4) is 0 Å². The summed E-state index contributed by atoms with van der Waals surface area (Å²) in [6.45, 7) is 7.51. The molecule has 0 aromatic carbocycles. The molecule has 3 nitrogen and oxygen atoms in total. The minimum absolute atomic E-state index is 0.113. The number of carbonyl (C=O) groups excluding carboxylic acids is 2. The second-order valence-electron chi connectivity index (χ2n) is 4.42. The largest absolute Gasteiger partial charge is 0.341 e. The smallest absolute Gasteiger partial charge is 0.223 e. The van der Waals surface area contributed by atoms with Crippen LogP contribution in [0.2, 0.25) is 0 Å². The highest BCUT2D eigenvalue weighted by Gasteiger charge is 2.31. The summed E-state index contributed by atoms with van der Waals surface area (Å²) < 4.78 is 0. The molecule has 0 aliphatic carbocycles. The van der Waals surface area contributed by atoms with Gasteiger partial charge < -0.3 is 4.90 Å². The first kappa shape index (κ1) is 13.6. The van der Waals surface area contributed by atoms with Crippen molar-refractivity contribution in [2.45, 2.75) is 45.3 Å². The molecule has 4 heteroatoms. The summed E-state index contributed by atoms with van der Waals surface area (Å²) in [5, 5.41) is 0.293. The molecule has 1 aliphatic rings. The number of hydrogen-bond donors (Lipinski definition) is 0. The van der Waals surface area contributed by atoms with Gasteiger partial charge in [0.2, 0.25) is 5.91 Å². The van der Waals surface area contributed by atoms with Gasteiger partial charge >= 0.3 is 0 Å². The molecule has 1 rings (SSSR count). The molecule has 1 amide bonds. The zero-order valence-corrected chi connectivity index (χ0v) is 11.2. The first-order chi connectivity index (χ1) is 7.56. The summed E-state index contributed by atoms with van der Waals surface area (Å²) in [6.07, 6.45) is 2.76. The number of rotatable bonds is 5. The lowest BCUT2D eigenvalue weighted by molar-refractivity contribution is -0.128. The average molecular weight is 243 g/mol. The van der Waals surface area contributed by atoms with Crippen molar-refractivity contribution in [3.8, 4) is 0 Å². The molecule has 0 aromatic rings. The summed E-state index contributed by atoms with van der Waals surface area (Å²) in [5.41, 5.74) is 0. The number of hydrogen-bond acceptors (Lipinski definition) is 3. The van der Waals surface area contributed by atoms with Crippen LogP contribution in [0.4, 0.5) is 0 Å². The van der Waals surface area contributed by atoms with Crippen molar-refractivity contribution < 1.29 is 9.59 Å². The number of nitrogens with zero attached hydrogens (tertiary/aromatic N) is 1. The molecule has 0 saturated carbocycles. The van der Waals surface area contributed by atoms with E-state index in [1.807, 2.05) is 4.90 Å². The normalized spacial score (nSPS) is 20.9. The fraction of sp³-hybridized carbons (Fsp3) is 0.833. The number of carbonyl (C=O) groups is 2. The third-order valence-corrected chi connectivity index (χ3v) is 4.13. The molecule has 0 N–H and O–H groups in total.